The molecule has 0 atom stereocenters. The molecule has 6 heteroatoms. The summed E-state index contributed by atoms with van der Waals surface area (Å²) in [6.07, 6.45) is -4.70. The molecule has 0 aliphatic rings. The van der Waals surface area contributed by atoms with Crippen LogP contribution in [0.1, 0.15) is 0 Å². The number of hydrogen-bond donors (Lipinski definition) is 1. The normalized spacial score (nSPS) is 11.1. The fraction of sp³-hybridized carbons (Fsp3) is 0.286. The predicted octanol–water partition coefficient (Wildman–Crippen LogP) is 2.02. The lowest BCUT2D eigenvalue weighted by atomic mass is 10.4. The van der Waals surface area contributed by atoms with Crippen LogP contribution in [-0.4, -0.2) is 18.4 Å². The average molecular weight is 192 g/mol. The van der Waals surface area contributed by atoms with Crippen LogP contribution in [-0.2, 0) is 0 Å². The molecule has 1 rings (SSSR count). The minimum Gasteiger partial charge on any atom is -0.388 e. The molecule has 0 amide bonds. The number of halogens is 3. The molecule has 0 aromatic carbocycles. The van der Waals surface area contributed by atoms with Crippen LogP contribution in [0.5, 0.6) is 5.88 Å². The van der Waals surface area contributed by atoms with Crippen LogP contribution in [0, 0.1) is 0 Å². The summed E-state index contributed by atoms with van der Waals surface area (Å²) in [6, 6.07) is 4.08. The van der Waals surface area contributed by atoms with Gasteiger partial charge in [-0.15, -0.1) is 13.2 Å². The molecule has 1 heterocycles. The highest BCUT2D eigenvalue weighted by Crippen LogP contribution is 2.21. The summed E-state index contributed by atoms with van der Waals surface area (Å²) in [6.45, 7) is 0. The molecular formula is C7H7F3N2O. The Morgan fingerprint density at radius 2 is 2.08 bits per heavy atom. The molecule has 0 saturated heterocycles. The largest absolute Gasteiger partial charge is 0.574 e. The standard InChI is InChI=1S/C7H7F3N2O/c1-11-5-3-2-4-6(12-5)13-7(8,9)10/h2-4H,1H3,(H,11,12). The molecule has 0 unspecified atom stereocenters. The van der Waals surface area contributed by atoms with E-state index < -0.39 is 12.2 Å². The van der Waals surface area contributed by atoms with Crippen molar-refractivity contribution in [1.82, 2.24) is 4.98 Å². The van der Waals surface area contributed by atoms with Crippen molar-refractivity contribution in [1.29, 1.82) is 0 Å². The Bertz CT molecular complexity index is 287. The second-order valence-corrected chi connectivity index (χ2v) is 2.16. The van der Waals surface area contributed by atoms with Gasteiger partial charge in [-0.2, -0.15) is 4.98 Å². The van der Waals surface area contributed by atoms with Crippen molar-refractivity contribution < 1.29 is 17.9 Å². The van der Waals surface area contributed by atoms with Crippen molar-refractivity contribution in [3.05, 3.63) is 18.2 Å². The number of pyridine rings is 1. The zero-order valence-electron chi connectivity index (χ0n) is 6.72. The van der Waals surface area contributed by atoms with Crippen molar-refractivity contribution in [2.45, 2.75) is 6.36 Å². The van der Waals surface area contributed by atoms with Gasteiger partial charge in [0.25, 0.3) is 0 Å². The third-order valence-electron chi connectivity index (χ3n) is 1.20. The molecule has 0 saturated carbocycles. The summed E-state index contributed by atoms with van der Waals surface area (Å²) in [5, 5.41) is 2.59. The Morgan fingerprint density at radius 1 is 1.38 bits per heavy atom. The Hall–Kier alpha value is -1.46. The second kappa shape index (κ2) is 3.51. The SMILES string of the molecule is CNc1cccc(OC(F)(F)F)n1. The van der Waals surface area contributed by atoms with Gasteiger partial charge in [-0.05, 0) is 6.07 Å². The number of anilines is 1. The van der Waals surface area contributed by atoms with Gasteiger partial charge < -0.3 is 10.1 Å². The topological polar surface area (TPSA) is 34.1 Å². The number of nitrogens with one attached hydrogen (secondary N) is 1. The minimum absolute atomic E-state index is 0.321. The fourth-order valence-electron chi connectivity index (χ4n) is 0.729. The lowest BCUT2D eigenvalue weighted by Crippen LogP contribution is -2.18. The molecule has 0 radical (unpaired) electrons. The lowest BCUT2D eigenvalue weighted by molar-refractivity contribution is -0.276. The maximum Gasteiger partial charge on any atom is 0.574 e. The van der Waals surface area contributed by atoms with Gasteiger partial charge >= 0.3 is 6.36 Å². The van der Waals surface area contributed by atoms with Gasteiger partial charge in [0.15, 0.2) is 0 Å². The third-order valence-corrected chi connectivity index (χ3v) is 1.20. The Labute approximate surface area is 72.5 Å². The molecule has 0 aliphatic heterocycles. The first kappa shape index (κ1) is 9.63. The molecule has 1 N–H and O–H groups in total. The van der Waals surface area contributed by atoms with Crippen molar-refractivity contribution >= 4 is 5.82 Å². The number of rotatable bonds is 2. The van der Waals surface area contributed by atoms with Gasteiger partial charge in [0.2, 0.25) is 5.88 Å². The smallest absolute Gasteiger partial charge is 0.388 e. The van der Waals surface area contributed by atoms with E-state index in [1.165, 1.54) is 12.1 Å². The predicted molar refractivity (Wildman–Crippen MR) is 40.5 cm³/mol. The van der Waals surface area contributed by atoms with E-state index in [0.717, 1.165) is 6.07 Å². The van der Waals surface area contributed by atoms with Crippen molar-refractivity contribution in [3.63, 3.8) is 0 Å². The summed E-state index contributed by atoms with van der Waals surface area (Å²) in [7, 11) is 1.56. The van der Waals surface area contributed by atoms with E-state index in [-0.39, 0.29) is 0 Å². The number of hydrogen-bond acceptors (Lipinski definition) is 3. The van der Waals surface area contributed by atoms with E-state index in [1.54, 1.807) is 7.05 Å². The van der Waals surface area contributed by atoms with E-state index in [1.807, 2.05) is 0 Å². The summed E-state index contributed by atoms with van der Waals surface area (Å²) >= 11 is 0. The second-order valence-electron chi connectivity index (χ2n) is 2.16. The van der Waals surface area contributed by atoms with E-state index >= 15 is 0 Å². The van der Waals surface area contributed by atoms with Crippen molar-refractivity contribution in [2.75, 3.05) is 12.4 Å². The number of nitrogens with zero attached hydrogens (tertiary/aromatic N) is 1. The quantitative estimate of drug-likeness (QED) is 0.778. The molecule has 0 aliphatic carbocycles. The maximum atomic E-state index is 11.7. The van der Waals surface area contributed by atoms with Crippen LogP contribution in [0.4, 0.5) is 19.0 Å². The Kier molecular flexibility index (Phi) is 2.60. The average Bonchev–Trinajstić information content (AvgIpc) is 2.01. The van der Waals surface area contributed by atoms with Gasteiger partial charge in [0, 0.05) is 13.1 Å². The Morgan fingerprint density at radius 3 is 2.62 bits per heavy atom. The summed E-state index contributed by atoms with van der Waals surface area (Å²) < 4.78 is 38.7. The van der Waals surface area contributed by atoms with Crippen LogP contribution < -0.4 is 10.1 Å². The molecular weight excluding hydrogens is 185 g/mol. The van der Waals surface area contributed by atoms with Crippen LogP contribution in [0.15, 0.2) is 18.2 Å². The molecule has 72 valence electrons. The minimum atomic E-state index is -4.70. The van der Waals surface area contributed by atoms with Gasteiger partial charge in [-0.3, -0.25) is 0 Å². The molecule has 3 nitrogen and oxygen atoms in total. The molecule has 0 fully saturated rings. The highest BCUT2D eigenvalue weighted by molar-refractivity contribution is 5.35. The summed E-state index contributed by atoms with van der Waals surface area (Å²) in [5.41, 5.74) is 0. The molecule has 13 heavy (non-hydrogen) atoms. The first-order valence-corrected chi connectivity index (χ1v) is 3.42. The van der Waals surface area contributed by atoms with Gasteiger partial charge in [-0.1, -0.05) is 6.07 Å². The fourth-order valence-corrected chi connectivity index (χ4v) is 0.729. The van der Waals surface area contributed by atoms with E-state index in [2.05, 4.69) is 15.0 Å². The summed E-state index contributed by atoms with van der Waals surface area (Å²) in [4.78, 5) is 3.52. The first-order valence-electron chi connectivity index (χ1n) is 3.42. The first-order chi connectivity index (χ1) is 6.01. The number of aromatic nitrogens is 1. The zero-order valence-corrected chi connectivity index (χ0v) is 6.72. The van der Waals surface area contributed by atoms with Gasteiger partial charge in [-0.25, -0.2) is 0 Å². The number of alkyl halides is 3. The molecule has 1 aromatic rings. The van der Waals surface area contributed by atoms with Crippen LogP contribution in [0.2, 0.25) is 0 Å². The Balaban J connectivity index is 2.78. The third kappa shape index (κ3) is 3.18. The number of ether oxygens (including phenoxy) is 1. The lowest BCUT2D eigenvalue weighted by Gasteiger charge is -2.08. The van der Waals surface area contributed by atoms with Crippen LogP contribution in [0.25, 0.3) is 0 Å². The van der Waals surface area contributed by atoms with E-state index in [4.69, 9.17) is 0 Å². The molecule has 0 bridgehead atoms. The maximum absolute atomic E-state index is 11.7. The monoisotopic (exact) mass is 192 g/mol. The molecule has 1 aromatic heterocycles. The van der Waals surface area contributed by atoms with Crippen molar-refractivity contribution in [3.8, 4) is 5.88 Å². The summed E-state index contributed by atoms with van der Waals surface area (Å²) in [5.74, 6) is -0.152. The van der Waals surface area contributed by atoms with Gasteiger partial charge in [0.05, 0.1) is 0 Å². The highest BCUT2D eigenvalue weighted by Gasteiger charge is 2.31. The zero-order chi connectivity index (χ0) is 9.90. The molecule has 0 spiro atoms. The van der Waals surface area contributed by atoms with Gasteiger partial charge in [0.1, 0.15) is 5.82 Å². The highest BCUT2D eigenvalue weighted by atomic mass is 19.4. The van der Waals surface area contributed by atoms with Crippen molar-refractivity contribution in [2.24, 2.45) is 0 Å². The van der Waals surface area contributed by atoms with Crippen LogP contribution in [0.3, 0.4) is 0 Å². The van der Waals surface area contributed by atoms with E-state index in [9.17, 15) is 13.2 Å². The van der Waals surface area contributed by atoms with E-state index in [0.29, 0.717) is 5.82 Å². The van der Waals surface area contributed by atoms with Crippen LogP contribution >= 0.6 is 0 Å².